The lowest BCUT2D eigenvalue weighted by molar-refractivity contribution is 0.510. The fourth-order valence-corrected chi connectivity index (χ4v) is 1.05. The Bertz CT molecular complexity index is 382. The van der Waals surface area contributed by atoms with Crippen molar-refractivity contribution >= 4 is 12.0 Å². The fraction of sp³-hybridized carbons (Fsp3) is 0.250. The molecule has 0 saturated carbocycles. The van der Waals surface area contributed by atoms with E-state index in [4.69, 9.17) is 14.6 Å². The van der Waals surface area contributed by atoms with Gasteiger partial charge in [-0.15, -0.1) is 0 Å². The molecule has 0 spiro atoms. The summed E-state index contributed by atoms with van der Waals surface area (Å²) in [4.78, 5) is 0. The van der Waals surface area contributed by atoms with Crippen LogP contribution in [0.2, 0.25) is 0 Å². The van der Waals surface area contributed by atoms with E-state index in [-0.39, 0.29) is 6.01 Å². The molecule has 0 fully saturated rings. The Labute approximate surface area is 80.1 Å². The van der Waals surface area contributed by atoms with E-state index in [2.05, 4.69) is 15.5 Å². The molecule has 0 saturated heterocycles. The Balaban J connectivity index is 1.78. The Morgan fingerprint density at radius 3 is 3.00 bits per heavy atom. The molecule has 0 bridgehead atoms. The summed E-state index contributed by atoms with van der Waals surface area (Å²) in [5, 5.41) is 10.1. The minimum Gasteiger partial charge on any atom is -0.469 e. The van der Waals surface area contributed by atoms with E-state index in [1.54, 1.807) is 6.26 Å². The summed E-state index contributed by atoms with van der Waals surface area (Å²) < 4.78 is 10.1. The normalized spacial score (nSPS) is 10.3. The summed E-state index contributed by atoms with van der Waals surface area (Å²) in [6.45, 7) is 0.662. The average Bonchev–Trinajstić information content (AvgIpc) is 2.77. The van der Waals surface area contributed by atoms with Gasteiger partial charge in [0.15, 0.2) is 0 Å². The first kappa shape index (κ1) is 8.61. The standard InChI is InChI=1S/C8H10N4O2/c9-7-11-12-8(14-7)10-4-3-6-2-1-5-13-6/h1-2,5H,3-4H2,(H2,9,11)(H,10,12). The SMILES string of the molecule is Nc1nnc(NCCc2ccco2)o1. The van der Waals surface area contributed by atoms with E-state index < -0.39 is 0 Å². The molecule has 14 heavy (non-hydrogen) atoms. The van der Waals surface area contributed by atoms with Crippen molar-refractivity contribution in [3.05, 3.63) is 24.2 Å². The molecule has 6 nitrogen and oxygen atoms in total. The molecule has 0 radical (unpaired) electrons. The molecule has 0 aliphatic carbocycles. The van der Waals surface area contributed by atoms with E-state index in [9.17, 15) is 0 Å². The lowest BCUT2D eigenvalue weighted by Crippen LogP contribution is -2.04. The van der Waals surface area contributed by atoms with Gasteiger partial charge in [0.2, 0.25) is 0 Å². The van der Waals surface area contributed by atoms with Gasteiger partial charge in [-0.25, -0.2) is 0 Å². The van der Waals surface area contributed by atoms with E-state index in [0.29, 0.717) is 12.6 Å². The van der Waals surface area contributed by atoms with Gasteiger partial charge in [0.1, 0.15) is 5.76 Å². The van der Waals surface area contributed by atoms with Crippen molar-refractivity contribution < 1.29 is 8.83 Å². The molecule has 2 heterocycles. The molecule has 0 aliphatic rings. The lowest BCUT2D eigenvalue weighted by Gasteiger charge is -1.97. The predicted octanol–water partition coefficient (Wildman–Crippen LogP) is 0.899. The van der Waals surface area contributed by atoms with Crippen LogP contribution in [0, 0.1) is 0 Å². The van der Waals surface area contributed by atoms with Crippen LogP contribution in [0.1, 0.15) is 5.76 Å². The zero-order valence-electron chi connectivity index (χ0n) is 7.43. The molecule has 0 amide bonds. The molecule has 74 valence electrons. The molecular weight excluding hydrogens is 184 g/mol. The number of nitrogens with zero attached hydrogens (tertiary/aromatic N) is 2. The van der Waals surface area contributed by atoms with Gasteiger partial charge in [0, 0.05) is 13.0 Å². The van der Waals surface area contributed by atoms with Crippen molar-refractivity contribution in [3.8, 4) is 0 Å². The number of nitrogens with two attached hydrogens (primary N) is 1. The maximum Gasteiger partial charge on any atom is 0.316 e. The van der Waals surface area contributed by atoms with Gasteiger partial charge in [0.25, 0.3) is 0 Å². The summed E-state index contributed by atoms with van der Waals surface area (Å²) in [5.41, 5.74) is 5.25. The van der Waals surface area contributed by atoms with Gasteiger partial charge in [-0.2, -0.15) is 0 Å². The summed E-state index contributed by atoms with van der Waals surface area (Å²) >= 11 is 0. The number of anilines is 2. The molecule has 6 heteroatoms. The van der Waals surface area contributed by atoms with E-state index in [0.717, 1.165) is 12.2 Å². The van der Waals surface area contributed by atoms with Gasteiger partial charge >= 0.3 is 12.0 Å². The van der Waals surface area contributed by atoms with Crippen LogP contribution in [0.5, 0.6) is 0 Å². The Hall–Kier alpha value is -1.98. The molecule has 0 aliphatic heterocycles. The smallest absolute Gasteiger partial charge is 0.316 e. The largest absolute Gasteiger partial charge is 0.469 e. The van der Waals surface area contributed by atoms with Crippen LogP contribution in [0.4, 0.5) is 12.0 Å². The highest BCUT2D eigenvalue weighted by atomic mass is 16.4. The number of furan rings is 1. The van der Waals surface area contributed by atoms with Crippen molar-refractivity contribution in [3.63, 3.8) is 0 Å². The number of nitrogens with one attached hydrogen (secondary N) is 1. The quantitative estimate of drug-likeness (QED) is 0.751. The topological polar surface area (TPSA) is 90.1 Å². The van der Waals surface area contributed by atoms with Crippen LogP contribution in [0.25, 0.3) is 0 Å². The molecule has 0 unspecified atom stereocenters. The predicted molar refractivity (Wildman–Crippen MR) is 49.6 cm³/mol. The third kappa shape index (κ3) is 2.03. The Morgan fingerprint density at radius 1 is 1.43 bits per heavy atom. The highest BCUT2D eigenvalue weighted by Gasteiger charge is 2.01. The van der Waals surface area contributed by atoms with Crippen LogP contribution in [-0.2, 0) is 6.42 Å². The lowest BCUT2D eigenvalue weighted by atomic mass is 10.3. The summed E-state index contributed by atoms with van der Waals surface area (Å²) in [5.74, 6) is 0.907. The second kappa shape index (κ2) is 3.82. The van der Waals surface area contributed by atoms with Crippen molar-refractivity contribution in [1.29, 1.82) is 0 Å². The highest BCUT2D eigenvalue weighted by Crippen LogP contribution is 2.06. The molecule has 0 aromatic carbocycles. The molecule has 2 aromatic rings. The number of hydrogen-bond acceptors (Lipinski definition) is 6. The van der Waals surface area contributed by atoms with Crippen LogP contribution in [0.3, 0.4) is 0 Å². The Morgan fingerprint density at radius 2 is 2.36 bits per heavy atom. The molecule has 2 aromatic heterocycles. The van der Waals surface area contributed by atoms with Crippen molar-refractivity contribution in [2.45, 2.75) is 6.42 Å². The fourth-order valence-electron chi connectivity index (χ4n) is 1.05. The number of hydrogen-bond donors (Lipinski definition) is 2. The van der Waals surface area contributed by atoms with Gasteiger partial charge in [-0.05, 0) is 12.1 Å². The minimum atomic E-state index is 0.0606. The van der Waals surface area contributed by atoms with Gasteiger partial charge in [-0.1, -0.05) is 10.2 Å². The number of nitrogen functional groups attached to an aromatic ring is 1. The van der Waals surface area contributed by atoms with Gasteiger partial charge < -0.3 is 19.9 Å². The summed E-state index contributed by atoms with van der Waals surface area (Å²) in [7, 11) is 0. The van der Waals surface area contributed by atoms with Gasteiger partial charge in [0.05, 0.1) is 6.26 Å². The Kier molecular flexibility index (Phi) is 2.35. The number of rotatable bonds is 4. The molecular formula is C8H10N4O2. The maximum absolute atomic E-state index is 5.25. The highest BCUT2D eigenvalue weighted by molar-refractivity contribution is 5.22. The van der Waals surface area contributed by atoms with Crippen LogP contribution in [0.15, 0.2) is 27.2 Å². The zero-order chi connectivity index (χ0) is 9.80. The van der Waals surface area contributed by atoms with E-state index in [1.165, 1.54) is 0 Å². The third-order valence-corrected chi connectivity index (χ3v) is 1.67. The monoisotopic (exact) mass is 194 g/mol. The molecule has 3 N–H and O–H groups in total. The van der Waals surface area contributed by atoms with E-state index in [1.807, 2.05) is 12.1 Å². The first-order chi connectivity index (χ1) is 6.84. The molecule has 2 rings (SSSR count). The van der Waals surface area contributed by atoms with Crippen molar-refractivity contribution in [1.82, 2.24) is 10.2 Å². The van der Waals surface area contributed by atoms with Crippen LogP contribution >= 0.6 is 0 Å². The van der Waals surface area contributed by atoms with E-state index >= 15 is 0 Å². The first-order valence-electron chi connectivity index (χ1n) is 4.20. The second-order valence-electron chi connectivity index (χ2n) is 2.70. The van der Waals surface area contributed by atoms with Crippen LogP contribution in [-0.4, -0.2) is 16.7 Å². The number of aromatic nitrogens is 2. The first-order valence-corrected chi connectivity index (χ1v) is 4.20. The summed E-state index contributed by atoms with van der Waals surface area (Å²) in [6.07, 6.45) is 2.40. The van der Waals surface area contributed by atoms with Gasteiger partial charge in [-0.3, -0.25) is 0 Å². The third-order valence-electron chi connectivity index (χ3n) is 1.67. The zero-order valence-corrected chi connectivity index (χ0v) is 7.43. The van der Waals surface area contributed by atoms with Crippen molar-refractivity contribution in [2.24, 2.45) is 0 Å². The molecule has 0 atom stereocenters. The second-order valence-corrected chi connectivity index (χ2v) is 2.70. The minimum absolute atomic E-state index is 0.0606. The average molecular weight is 194 g/mol. The van der Waals surface area contributed by atoms with Crippen molar-refractivity contribution in [2.75, 3.05) is 17.6 Å². The summed E-state index contributed by atoms with van der Waals surface area (Å²) in [6, 6.07) is 4.14. The van der Waals surface area contributed by atoms with Crippen LogP contribution < -0.4 is 11.1 Å². The maximum atomic E-state index is 5.25.